The first kappa shape index (κ1) is 12.5. The lowest BCUT2D eigenvalue weighted by molar-refractivity contribution is 1.12. The van der Waals surface area contributed by atoms with Crippen LogP contribution in [0.2, 0.25) is 0 Å². The summed E-state index contributed by atoms with van der Waals surface area (Å²) in [6, 6.07) is 18.9. The molecular formula is C18H14N2S. The zero-order valence-corrected chi connectivity index (χ0v) is 12.5. The Labute approximate surface area is 127 Å². The normalized spacial score (nSPS) is 11.3. The van der Waals surface area contributed by atoms with Crippen molar-refractivity contribution >= 4 is 33.6 Å². The van der Waals surface area contributed by atoms with Crippen LogP contribution in [0.1, 0.15) is 0 Å². The Morgan fingerprint density at radius 1 is 0.905 bits per heavy atom. The van der Waals surface area contributed by atoms with Crippen molar-refractivity contribution in [3.05, 3.63) is 67.0 Å². The predicted molar refractivity (Wildman–Crippen MR) is 90.4 cm³/mol. The van der Waals surface area contributed by atoms with E-state index in [9.17, 15) is 0 Å². The van der Waals surface area contributed by atoms with Crippen LogP contribution < -0.4 is 0 Å². The molecular weight excluding hydrogens is 276 g/mol. The summed E-state index contributed by atoms with van der Waals surface area (Å²) in [6.45, 7) is 0. The van der Waals surface area contributed by atoms with E-state index in [0.29, 0.717) is 0 Å². The third-order valence-corrected chi connectivity index (χ3v) is 4.55. The highest BCUT2D eigenvalue weighted by atomic mass is 32.2. The van der Waals surface area contributed by atoms with Crippen LogP contribution >= 0.6 is 11.8 Å². The fraction of sp³-hybridized carbons (Fsp3) is 0.0556. The molecule has 2 nitrogen and oxygen atoms in total. The van der Waals surface area contributed by atoms with Gasteiger partial charge < -0.3 is 4.57 Å². The van der Waals surface area contributed by atoms with E-state index in [0.717, 1.165) is 5.52 Å². The van der Waals surface area contributed by atoms with Gasteiger partial charge in [0, 0.05) is 28.1 Å². The Hall–Kier alpha value is -2.26. The zero-order valence-electron chi connectivity index (χ0n) is 11.7. The lowest BCUT2D eigenvalue weighted by Gasteiger charge is -2.08. The second kappa shape index (κ2) is 4.93. The maximum absolute atomic E-state index is 4.46. The summed E-state index contributed by atoms with van der Waals surface area (Å²) < 4.78 is 2.27. The number of rotatable bonds is 2. The summed E-state index contributed by atoms with van der Waals surface area (Å²) in [5.41, 5.74) is 3.44. The molecule has 0 aliphatic heterocycles. The molecule has 0 aliphatic carbocycles. The molecule has 0 amide bonds. The highest BCUT2D eigenvalue weighted by Crippen LogP contribution is 2.32. The molecule has 102 valence electrons. The molecule has 0 atom stereocenters. The molecule has 4 rings (SSSR count). The van der Waals surface area contributed by atoms with Gasteiger partial charge in [0.05, 0.1) is 16.7 Å². The van der Waals surface area contributed by atoms with Crippen LogP contribution in [0.3, 0.4) is 0 Å². The molecule has 0 aliphatic rings. The number of hydrogen-bond donors (Lipinski definition) is 0. The minimum atomic E-state index is 1.03. The quantitative estimate of drug-likeness (QED) is 0.489. The minimum absolute atomic E-state index is 1.03. The van der Waals surface area contributed by atoms with Crippen LogP contribution in [-0.2, 0) is 0 Å². The predicted octanol–water partition coefficient (Wildman–Crippen LogP) is 4.90. The molecule has 2 heterocycles. The van der Waals surface area contributed by atoms with Gasteiger partial charge in [-0.1, -0.05) is 36.4 Å². The fourth-order valence-corrected chi connectivity index (χ4v) is 3.40. The van der Waals surface area contributed by atoms with Crippen LogP contribution in [0.25, 0.3) is 27.5 Å². The minimum Gasteiger partial charge on any atom is -0.315 e. The Morgan fingerprint density at radius 2 is 1.67 bits per heavy atom. The first-order chi connectivity index (χ1) is 10.4. The number of aromatic nitrogens is 2. The van der Waals surface area contributed by atoms with E-state index >= 15 is 0 Å². The van der Waals surface area contributed by atoms with Crippen molar-refractivity contribution in [1.29, 1.82) is 0 Å². The molecule has 0 bridgehead atoms. The van der Waals surface area contributed by atoms with E-state index in [1.165, 1.54) is 26.9 Å². The number of para-hydroxylation sites is 2. The topological polar surface area (TPSA) is 17.8 Å². The SMILES string of the molecule is CSc1cn(-c2ccnc3ccccc23)c2ccccc12. The number of nitrogens with zero attached hydrogens (tertiary/aromatic N) is 2. The molecule has 0 unspecified atom stereocenters. The monoisotopic (exact) mass is 290 g/mol. The molecule has 2 aromatic carbocycles. The van der Waals surface area contributed by atoms with E-state index < -0.39 is 0 Å². The Kier molecular flexibility index (Phi) is 2.93. The van der Waals surface area contributed by atoms with Crippen molar-refractivity contribution < 1.29 is 0 Å². The van der Waals surface area contributed by atoms with Crippen LogP contribution in [0.15, 0.2) is 71.9 Å². The summed E-state index contributed by atoms with van der Waals surface area (Å²) in [5.74, 6) is 0. The van der Waals surface area contributed by atoms with E-state index in [-0.39, 0.29) is 0 Å². The molecule has 2 aromatic heterocycles. The van der Waals surface area contributed by atoms with Crippen molar-refractivity contribution in [2.24, 2.45) is 0 Å². The number of benzene rings is 2. The van der Waals surface area contributed by atoms with E-state index in [2.05, 4.69) is 70.5 Å². The van der Waals surface area contributed by atoms with E-state index in [4.69, 9.17) is 0 Å². The maximum Gasteiger partial charge on any atom is 0.0723 e. The molecule has 0 saturated carbocycles. The first-order valence-electron chi connectivity index (χ1n) is 6.86. The van der Waals surface area contributed by atoms with Gasteiger partial charge in [0.1, 0.15) is 0 Å². The number of pyridine rings is 1. The van der Waals surface area contributed by atoms with Crippen molar-refractivity contribution in [2.75, 3.05) is 6.26 Å². The number of thioether (sulfide) groups is 1. The van der Waals surface area contributed by atoms with Crippen molar-refractivity contribution in [1.82, 2.24) is 9.55 Å². The maximum atomic E-state index is 4.46. The summed E-state index contributed by atoms with van der Waals surface area (Å²) in [7, 11) is 0. The highest BCUT2D eigenvalue weighted by Gasteiger charge is 2.10. The summed E-state index contributed by atoms with van der Waals surface area (Å²) in [5, 5.41) is 2.47. The second-order valence-electron chi connectivity index (χ2n) is 4.93. The van der Waals surface area contributed by atoms with Gasteiger partial charge in [-0.25, -0.2) is 0 Å². The third kappa shape index (κ3) is 1.93. The first-order valence-corrected chi connectivity index (χ1v) is 8.09. The molecule has 0 radical (unpaired) electrons. The summed E-state index contributed by atoms with van der Waals surface area (Å²) in [4.78, 5) is 5.75. The van der Waals surface area contributed by atoms with Crippen LogP contribution in [0.5, 0.6) is 0 Å². The molecule has 3 heteroatoms. The van der Waals surface area contributed by atoms with Crippen LogP contribution in [0, 0.1) is 0 Å². The summed E-state index contributed by atoms with van der Waals surface area (Å²) in [6.07, 6.45) is 6.22. The van der Waals surface area contributed by atoms with Crippen LogP contribution in [-0.4, -0.2) is 15.8 Å². The Bertz CT molecular complexity index is 935. The van der Waals surface area contributed by atoms with Gasteiger partial charge in [-0.2, -0.15) is 0 Å². The van der Waals surface area contributed by atoms with Gasteiger partial charge in [0.2, 0.25) is 0 Å². The smallest absolute Gasteiger partial charge is 0.0723 e. The fourth-order valence-electron chi connectivity index (χ4n) is 2.80. The van der Waals surface area contributed by atoms with Gasteiger partial charge in [-0.3, -0.25) is 4.98 Å². The number of fused-ring (bicyclic) bond motifs is 2. The lowest BCUT2D eigenvalue weighted by atomic mass is 10.2. The van der Waals surface area contributed by atoms with Crippen LogP contribution in [0.4, 0.5) is 0 Å². The summed E-state index contributed by atoms with van der Waals surface area (Å²) >= 11 is 1.78. The third-order valence-electron chi connectivity index (χ3n) is 3.78. The standard InChI is InChI=1S/C18H14N2S/c1-21-18-12-20(16-9-5-3-7-14(16)18)17-10-11-19-15-8-4-2-6-13(15)17/h2-12H,1H3. The highest BCUT2D eigenvalue weighted by molar-refractivity contribution is 7.98. The average molecular weight is 290 g/mol. The van der Waals surface area contributed by atoms with E-state index in [1.54, 1.807) is 11.8 Å². The Balaban J connectivity index is 2.10. The lowest BCUT2D eigenvalue weighted by Crippen LogP contribution is -1.94. The number of hydrogen-bond acceptors (Lipinski definition) is 2. The zero-order chi connectivity index (χ0) is 14.2. The molecule has 4 aromatic rings. The van der Waals surface area contributed by atoms with Crippen molar-refractivity contribution in [3.8, 4) is 5.69 Å². The largest absolute Gasteiger partial charge is 0.315 e. The average Bonchev–Trinajstić information content (AvgIpc) is 2.93. The van der Waals surface area contributed by atoms with Gasteiger partial charge in [0.15, 0.2) is 0 Å². The Morgan fingerprint density at radius 3 is 2.52 bits per heavy atom. The second-order valence-corrected chi connectivity index (χ2v) is 5.78. The van der Waals surface area contributed by atoms with E-state index in [1.807, 2.05) is 12.3 Å². The molecule has 21 heavy (non-hydrogen) atoms. The van der Waals surface area contributed by atoms with Crippen molar-refractivity contribution in [3.63, 3.8) is 0 Å². The van der Waals surface area contributed by atoms with Gasteiger partial charge in [-0.05, 0) is 24.5 Å². The molecule has 0 spiro atoms. The van der Waals surface area contributed by atoms with Gasteiger partial charge >= 0.3 is 0 Å². The van der Waals surface area contributed by atoms with Crippen molar-refractivity contribution in [2.45, 2.75) is 4.90 Å². The van der Waals surface area contributed by atoms with Gasteiger partial charge in [0.25, 0.3) is 0 Å². The van der Waals surface area contributed by atoms with Gasteiger partial charge in [-0.15, -0.1) is 11.8 Å². The molecule has 0 N–H and O–H groups in total. The molecule has 0 saturated heterocycles. The molecule has 0 fully saturated rings.